The molecule has 5 heteroatoms. The quantitative estimate of drug-likeness (QED) is 0.787. The second-order valence-electron chi connectivity index (χ2n) is 6.39. The van der Waals surface area contributed by atoms with Gasteiger partial charge in [-0.3, -0.25) is 4.79 Å². The summed E-state index contributed by atoms with van der Waals surface area (Å²) in [5.74, 6) is 0.841. The van der Waals surface area contributed by atoms with Gasteiger partial charge in [0.25, 0.3) is 5.91 Å². The van der Waals surface area contributed by atoms with Gasteiger partial charge < -0.3 is 14.3 Å². The van der Waals surface area contributed by atoms with E-state index in [0.29, 0.717) is 11.6 Å². The van der Waals surface area contributed by atoms with Crippen LogP contribution >= 0.6 is 0 Å². The predicted molar refractivity (Wildman–Crippen MR) is 92.9 cm³/mol. The maximum Gasteiger partial charge on any atom is 0.251 e. The predicted octanol–water partition coefficient (Wildman–Crippen LogP) is 4.16. The summed E-state index contributed by atoms with van der Waals surface area (Å²) in [5.41, 5.74) is 3.57. The van der Waals surface area contributed by atoms with Crippen molar-refractivity contribution in [2.75, 3.05) is 7.05 Å². The Hall–Kier alpha value is -2.56. The maximum absolute atomic E-state index is 11.9. The van der Waals surface area contributed by atoms with Crippen LogP contribution in [0.5, 0.6) is 0 Å². The van der Waals surface area contributed by atoms with Crippen LogP contribution in [0, 0.1) is 0 Å². The van der Waals surface area contributed by atoms with Crippen LogP contribution < -0.4 is 5.32 Å². The number of hydrogen-bond donors (Lipinski definition) is 1. The molecule has 4 rings (SSSR count). The first kappa shape index (κ1) is 15.0. The summed E-state index contributed by atoms with van der Waals surface area (Å²) in [5, 5.41) is 2.67. The van der Waals surface area contributed by atoms with E-state index < -0.39 is 0 Å². The number of hydrogen-bond acceptors (Lipinski definition) is 3. The molecule has 1 aliphatic carbocycles. The molecule has 2 aromatic heterocycles. The number of imidazole rings is 1. The number of carbonyl (C=O) groups is 1. The fourth-order valence-corrected chi connectivity index (χ4v) is 3.69. The van der Waals surface area contributed by atoms with E-state index >= 15 is 0 Å². The summed E-state index contributed by atoms with van der Waals surface area (Å²) in [6.45, 7) is 0. The van der Waals surface area contributed by atoms with Gasteiger partial charge in [0.1, 0.15) is 12.1 Å². The minimum absolute atomic E-state index is 0.0889. The molecule has 3 aromatic rings. The molecule has 24 heavy (non-hydrogen) atoms. The topological polar surface area (TPSA) is 60.1 Å². The minimum atomic E-state index is -0.0889. The van der Waals surface area contributed by atoms with Crippen LogP contribution in [-0.2, 0) is 0 Å². The largest absolute Gasteiger partial charge is 0.472 e. The molecule has 0 bridgehead atoms. The molecule has 0 saturated heterocycles. The van der Waals surface area contributed by atoms with Crippen LogP contribution in [0.2, 0.25) is 0 Å². The number of amides is 1. The number of benzene rings is 1. The summed E-state index contributed by atoms with van der Waals surface area (Å²) in [6, 6.07) is 8.17. The molecule has 1 saturated carbocycles. The van der Waals surface area contributed by atoms with Gasteiger partial charge in [0.15, 0.2) is 0 Å². The number of fused-ring (bicyclic) bond motifs is 1. The smallest absolute Gasteiger partial charge is 0.251 e. The highest BCUT2D eigenvalue weighted by atomic mass is 16.3. The van der Waals surface area contributed by atoms with E-state index in [2.05, 4.69) is 9.88 Å². The third kappa shape index (κ3) is 2.50. The number of nitrogens with zero attached hydrogens (tertiary/aromatic N) is 2. The van der Waals surface area contributed by atoms with Gasteiger partial charge in [-0.05, 0) is 37.1 Å². The van der Waals surface area contributed by atoms with Crippen molar-refractivity contribution < 1.29 is 9.21 Å². The first-order valence-corrected chi connectivity index (χ1v) is 8.54. The van der Waals surface area contributed by atoms with Gasteiger partial charge in [0.2, 0.25) is 0 Å². The van der Waals surface area contributed by atoms with Crippen molar-refractivity contribution in [3.05, 3.63) is 42.4 Å². The molecule has 0 spiro atoms. The summed E-state index contributed by atoms with van der Waals surface area (Å²) in [6.07, 6.45) is 9.58. The van der Waals surface area contributed by atoms with Gasteiger partial charge in [0.05, 0.1) is 22.9 Å². The molecule has 1 amide bonds. The van der Waals surface area contributed by atoms with E-state index in [4.69, 9.17) is 9.40 Å². The molecular formula is C19H21N3O2. The number of rotatable bonds is 3. The Morgan fingerprint density at radius 3 is 2.79 bits per heavy atom. The molecule has 124 valence electrons. The second kappa shape index (κ2) is 6.15. The fraction of sp³-hybridized carbons (Fsp3) is 0.368. The lowest BCUT2D eigenvalue weighted by atomic mass is 9.95. The first-order valence-electron chi connectivity index (χ1n) is 8.54. The third-order valence-corrected chi connectivity index (χ3v) is 4.90. The van der Waals surface area contributed by atoms with E-state index in [0.717, 1.165) is 22.4 Å². The van der Waals surface area contributed by atoms with Crippen LogP contribution in [0.4, 0.5) is 0 Å². The van der Waals surface area contributed by atoms with E-state index in [-0.39, 0.29) is 5.91 Å². The van der Waals surface area contributed by atoms with E-state index in [1.165, 1.54) is 32.1 Å². The lowest BCUT2D eigenvalue weighted by Gasteiger charge is -2.25. The first-order chi connectivity index (χ1) is 11.8. The van der Waals surface area contributed by atoms with Crippen LogP contribution in [0.15, 0.2) is 41.2 Å². The Bertz CT molecular complexity index is 858. The molecule has 0 atom stereocenters. The van der Waals surface area contributed by atoms with Gasteiger partial charge in [0, 0.05) is 18.7 Å². The third-order valence-electron chi connectivity index (χ3n) is 4.90. The monoisotopic (exact) mass is 323 g/mol. The Kier molecular flexibility index (Phi) is 3.84. The average Bonchev–Trinajstić information content (AvgIpc) is 3.28. The van der Waals surface area contributed by atoms with E-state index in [1.807, 2.05) is 24.3 Å². The molecule has 1 fully saturated rings. The zero-order valence-electron chi connectivity index (χ0n) is 13.8. The molecule has 0 aliphatic heterocycles. The highest BCUT2D eigenvalue weighted by molar-refractivity contribution is 5.97. The van der Waals surface area contributed by atoms with Crippen LogP contribution in [0.3, 0.4) is 0 Å². The van der Waals surface area contributed by atoms with E-state index in [9.17, 15) is 4.79 Å². The highest BCUT2D eigenvalue weighted by Gasteiger charge is 2.23. The van der Waals surface area contributed by atoms with Gasteiger partial charge in [-0.1, -0.05) is 19.3 Å². The number of nitrogens with one attached hydrogen (secondary N) is 1. The fourth-order valence-electron chi connectivity index (χ4n) is 3.69. The maximum atomic E-state index is 11.9. The number of aromatic nitrogens is 2. The van der Waals surface area contributed by atoms with Gasteiger partial charge >= 0.3 is 0 Å². The van der Waals surface area contributed by atoms with Crippen molar-refractivity contribution in [1.82, 2.24) is 14.9 Å². The van der Waals surface area contributed by atoms with Crippen molar-refractivity contribution in [2.24, 2.45) is 0 Å². The summed E-state index contributed by atoms with van der Waals surface area (Å²) in [4.78, 5) is 16.7. The van der Waals surface area contributed by atoms with Crippen LogP contribution in [0.1, 0.15) is 48.5 Å². The van der Waals surface area contributed by atoms with E-state index in [1.54, 1.807) is 19.6 Å². The van der Waals surface area contributed by atoms with Gasteiger partial charge in [-0.2, -0.15) is 0 Å². The molecule has 5 nitrogen and oxygen atoms in total. The van der Waals surface area contributed by atoms with Crippen molar-refractivity contribution in [3.63, 3.8) is 0 Å². The molecule has 1 aliphatic rings. The Morgan fingerprint density at radius 1 is 1.25 bits per heavy atom. The van der Waals surface area contributed by atoms with Crippen LogP contribution in [0.25, 0.3) is 22.4 Å². The summed E-state index contributed by atoms with van der Waals surface area (Å²) in [7, 11) is 1.64. The second-order valence-corrected chi connectivity index (χ2v) is 6.39. The lowest BCUT2D eigenvalue weighted by Crippen LogP contribution is -2.17. The Labute approximate surface area is 140 Å². The van der Waals surface area contributed by atoms with Gasteiger partial charge in [-0.25, -0.2) is 4.98 Å². The SMILES string of the molecule is CNC(=O)c1ccc2c(c1)nc(-c1ccoc1)n2C1CCCCC1. The lowest BCUT2D eigenvalue weighted by molar-refractivity contribution is 0.0963. The van der Waals surface area contributed by atoms with Crippen molar-refractivity contribution >= 4 is 16.9 Å². The molecule has 0 unspecified atom stereocenters. The molecule has 1 N–H and O–H groups in total. The standard InChI is InChI=1S/C19H21N3O2/c1-20-19(23)13-7-8-17-16(11-13)21-18(14-9-10-24-12-14)22(17)15-5-3-2-4-6-15/h7-12,15H,2-6H2,1H3,(H,20,23). The normalized spacial score (nSPS) is 15.7. The Morgan fingerprint density at radius 2 is 2.08 bits per heavy atom. The molecule has 2 heterocycles. The van der Waals surface area contributed by atoms with Crippen molar-refractivity contribution in [2.45, 2.75) is 38.1 Å². The van der Waals surface area contributed by atoms with Gasteiger partial charge in [-0.15, -0.1) is 0 Å². The number of carbonyl (C=O) groups excluding carboxylic acids is 1. The molecular weight excluding hydrogens is 302 g/mol. The minimum Gasteiger partial charge on any atom is -0.472 e. The Balaban J connectivity index is 1.89. The summed E-state index contributed by atoms with van der Waals surface area (Å²) >= 11 is 0. The number of furan rings is 1. The molecule has 0 radical (unpaired) electrons. The highest BCUT2D eigenvalue weighted by Crippen LogP contribution is 2.36. The summed E-state index contributed by atoms with van der Waals surface area (Å²) < 4.78 is 7.61. The van der Waals surface area contributed by atoms with Crippen LogP contribution in [-0.4, -0.2) is 22.5 Å². The zero-order valence-corrected chi connectivity index (χ0v) is 13.8. The molecule has 1 aromatic carbocycles. The van der Waals surface area contributed by atoms with Crippen molar-refractivity contribution in [1.29, 1.82) is 0 Å². The average molecular weight is 323 g/mol. The zero-order chi connectivity index (χ0) is 16.5. The van der Waals surface area contributed by atoms with Crippen molar-refractivity contribution in [3.8, 4) is 11.4 Å².